The molecule has 1 aromatic carbocycles. The molecule has 10 heteroatoms. The Morgan fingerprint density at radius 3 is 2.81 bits per heavy atom. The predicted octanol–water partition coefficient (Wildman–Crippen LogP) is 0.869. The maximum absolute atomic E-state index is 10.9. The molecule has 0 amide bonds. The van der Waals surface area contributed by atoms with Crippen LogP contribution in [-0.2, 0) is 6.54 Å². The van der Waals surface area contributed by atoms with Gasteiger partial charge in [0, 0.05) is 19.6 Å². The van der Waals surface area contributed by atoms with E-state index in [1.54, 1.807) is 9.36 Å². The summed E-state index contributed by atoms with van der Waals surface area (Å²) in [5.41, 5.74) is 0.877. The van der Waals surface area contributed by atoms with E-state index in [-0.39, 0.29) is 5.69 Å². The molecule has 2 aromatic heterocycles. The summed E-state index contributed by atoms with van der Waals surface area (Å²) in [7, 11) is 0. The van der Waals surface area contributed by atoms with Gasteiger partial charge < -0.3 is 10.0 Å². The normalized spacial score (nSPS) is 17.4. The fourth-order valence-corrected chi connectivity index (χ4v) is 3.26. The van der Waals surface area contributed by atoms with Gasteiger partial charge in [0.2, 0.25) is 5.95 Å². The van der Waals surface area contributed by atoms with Crippen LogP contribution in [0.25, 0.3) is 5.69 Å². The van der Waals surface area contributed by atoms with Crippen molar-refractivity contribution in [2.45, 2.75) is 19.4 Å². The number of carbonyl (C=O) groups is 1. The van der Waals surface area contributed by atoms with E-state index in [1.807, 2.05) is 30.3 Å². The summed E-state index contributed by atoms with van der Waals surface area (Å²) in [6, 6.07) is 9.78. The Hall–Kier alpha value is -3.30. The van der Waals surface area contributed by atoms with E-state index in [0.717, 1.165) is 31.6 Å². The summed E-state index contributed by atoms with van der Waals surface area (Å²) in [5.74, 6) is -0.0395. The molecule has 134 valence electrons. The van der Waals surface area contributed by atoms with Gasteiger partial charge in [0.05, 0.1) is 11.9 Å². The summed E-state index contributed by atoms with van der Waals surface area (Å²) in [6.45, 7) is 2.26. The van der Waals surface area contributed by atoms with Crippen molar-refractivity contribution in [2.24, 2.45) is 5.92 Å². The molecule has 0 radical (unpaired) electrons. The first-order valence-corrected chi connectivity index (χ1v) is 8.43. The van der Waals surface area contributed by atoms with E-state index in [2.05, 4.69) is 30.7 Å². The van der Waals surface area contributed by atoms with Crippen molar-refractivity contribution in [2.75, 3.05) is 18.0 Å². The molecule has 0 bridgehead atoms. The molecule has 3 aromatic rings. The number of carboxylic acid groups (broad SMARTS) is 1. The zero-order chi connectivity index (χ0) is 17.9. The summed E-state index contributed by atoms with van der Waals surface area (Å²) >= 11 is 0. The minimum atomic E-state index is -1.07. The zero-order valence-corrected chi connectivity index (χ0v) is 14.0. The zero-order valence-electron chi connectivity index (χ0n) is 14.0. The van der Waals surface area contributed by atoms with Crippen LogP contribution in [0.2, 0.25) is 0 Å². The largest absolute Gasteiger partial charge is 0.476 e. The van der Waals surface area contributed by atoms with E-state index < -0.39 is 5.97 Å². The van der Waals surface area contributed by atoms with Crippen LogP contribution in [0, 0.1) is 5.92 Å². The highest BCUT2D eigenvalue weighted by molar-refractivity contribution is 5.84. The Morgan fingerprint density at radius 1 is 1.19 bits per heavy atom. The first-order valence-electron chi connectivity index (χ1n) is 8.43. The topological polar surface area (TPSA) is 115 Å². The first-order chi connectivity index (χ1) is 12.7. The second-order valence-corrected chi connectivity index (χ2v) is 6.31. The first kappa shape index (κ1) is 16.2. The van der Waals surface area contributed by atoms with Crippen LogP contribution in [0.4, 0.5) is 5.95 Å². The lowest BCUT2D eigenvalue weighted by Gasteiger charge is -2.32. The SMILES string of the molecule is O=C(O)c1cn(CC2CCCN(c3nnnn3-c3ccccc3)C2)nn1. The van der Waals surface area contributed by atoms with Crippen LogP contribution in [0.3, 0.4) is 0 Å². The molecule has 0 aliphatic carbocycles. The molecule has 26 heavy (non-hydrogen) atoms. The van der Waals surface area contributed by atoms with Gasteiger partial charge in [-0.2, -0.15) is 4.68 Å². The average molecular weight is 354 g/mol. The summed E-state index contributed by atoms with van der Waals surface area (Å²) in [5, 5.41) is 28.7. The Kier molecular flexibility index (Phi) is 4.30. The third-order valence-electron chi connectivity index (χ3n) is 4.46. The lowest BCUT2D eigenvalue weighted by molar-refractivity contribution is 0.0690. The summed E-state index contributed by atoms with van der Waals surface area (Å²) in [4.78, 5) is 13.1. The Labute approximate surface area is 149 Å². The van der Waals surface area contributed by atoms with Gasteiger partial charge in [-0.15, -0.1) is 5.10 Å². The van der Waals surface area contributed by atoms with Gasteiger partial charge in [0.25, 0.3) is 0 Å². The molecule has 1 unspecified atom stereocenters. The van der Waals surface area contributed by atoms with Crippen molar-refractivity contribution >= 4 is 11.9 Å². The third kappa shape index (κ3) is 3.25. The average Bonchev–Trinajstić information content (AvgIpc) is 3.32. The van der Waals surface area contributed by atoms with Crippen molar-refractivity contribution in [3.8, 4) is 5.69 Å². The number of para-hydroxylation sites is 1. The van der Waals surface area contributed by atoms with E-state index in [9.17, 15) is 4.79 Å². The van der Waals surface area contributed by atoms with Gasteiger partial charge in [0.1, 0.15) is 0 Å². The van der Waals surface area contributed by atoms with Crippen LogP contribution < -0.4 is 4.90 Å². The smallest absolute Gasteiger partial charge is 0.358 e. The standard InChI is InChI=1S/C16H18N8O2/c25-15(26)14-11-23(20-17-14)10-12-5-4-8-22(9-12)16-18-19-21-24(16)13-6-2-1-3-7-13/h1-3,6-7,11-12H,4-5,8-10H2,(H,25,26). The fourth-order valence-electron chi connectivity index (χ4n) is 3.26. The molecule has 1 atom stereocenters. The van der Waals surface area contributed by atoms with Gasteiger partial charge in [-0.1, -0.05) is 28.5 Å². The molecular weight excluding hydrogens is 336 g/mol. The van der Waals surface area contributed by atoms with Gasteiger partial charge >= 0.3 is 5.97 Å². The highest BCUT2D eigenvalue weighted by atomic mass is 16.4. The monoisotopic (exact) mass is 354 g/mol. The van der Waals surface area contributed by atoms with E-state index >= 15 is 0 Å². The summed E-state index contributed by atoms with van der Waals surface area (Å²) in [6.07, 6.45) is 3.51. The van der Waals surface area contributed by atoms with Crippen LogP contribution in [0.15, 0.2) is 36.5 Å². The third-order valence-corrected chi connectivity index (χ3v) is 4.46. The molecular formula is C16H18N8O2. The molecule has 1 fully saturated rings. The predicted molar refractivity (Wildman–Crippen MR) is 91.1 cm³/mol. The van der Waals surface area contributed by atoms with Gasteiger partial charge in [-0.25, -0.2) is 4.79 Å². The minimum absolute atomic E-state index is 0.0364. The van der Waals surface area contributed by atoms with Crippen molar-refractivity contribution in [1.29, 1.82) is 0 Å². The maximum Gasteiger partial charge on any atom is 0.358 e. The highest BCUT2D eigenvalue weighted by Crippen LogP contribution is 2.23. The Morgan fingerprint density at radius 2 is 2.04 bits per heavy atom. The number of rotatable bonds is 5. The second kappa shape index (κ2) is 6.90. The van der Waals surface area contributed by atoms with E-state index in [4.69, 9.17) is 5.11 Å². The molecule has 1 saturated heterocycles. The van der Waals surface area contributed by atoms with Crippen molar-refractivity contribution < 1.29 is 9.90 Å². The molecule has 0 saturated carbocycles. The number of anilines is 1. The van der Waals surface area contributed by atoms with Gasteiger partial charge in [-0.3, -0.25) is 4.68 Å². The second-order valence-electron chi connectivity index (χ2n) is 6.31. The quantitative estimate of drug-likeness (QED) is 0.718. The number of benzene rings is 1. The van der Waals surface area contributed by atoms with Crippen LogP contribution in [0.1, 0.15) is 23.3 Å². The van der Waals surface area contributed by atoms with Gasteiger partial charge in [0.15, 0.2) is 5.69 Å². The Bertz CT molecular complexity index is 891. The molecule has 1 N–H and O–H groups in total. The number of nitrogens with zero attached hydrogens (tertiary/aromatic N) is 8. The molecule has 1 aliphatic heterocycles. The highest BCUT2D eigenvalue weighted by Gasteiger charge is 2.25. The van der Waals surface area contributed by atoms with Gasteiger partial charge in [-0.05, 0) is 41.3 Å². The number of hydrogen-bond acceptors (Lipinski definition) is 7. The van der Waals surface area contributed by atoms with Crippen LogP contribution in [0.5, 0.6) is 0 Å². The lowest BCUT2D eigenvalue weighted by Crippen LogP contribution is -2.38. The maximum atomic E-state index is 10.9. The number of hydrogen-bond donors (Lipinski definition) is 1. The lowest BCUT2D eigenvalue weighted by atomic mass is 9.98. The number of piperidine rings is 1. The Balaban J connectivity index is 1.49. The summed E-state index contributed by atoms with van der Waals surface area (Å²) < 4.78 is 3.33. The van der Waals surface area contributed by atoms with E-state index in [1.165, 1.54) is 6.20 Å². The minimum Gasteiger partial charge on any atom is -0.476 e. The van der Waals surface area contributed by atoms with Crippen molar-refractivity contribution in [3.05, 3.63) is 42.2 Å². The van der Waals surface area contributed by atoms with Crippen molar-refractivity contribution in [3.63, 3.8) is 0 Å². The number of carboxylic acids is 1. The molecule has 3 heterocycles. The number of aromatic carboxylic acids is 1. The van der Waals surface area contributed by atoms with Crippen LogP contribution in [-0.4, -0.2) is 59.4 Å². The van der Waals surface area contributed by atoms with Crippen LogP contribution >= 0.6 is 0 Å². The molecule has 10 nitrogen and oxygen atoms in total. The molecule has 1 aliphatic rings. The fraction of sp³-hybridized carbons (Fsp3) is 0.375. The van der Waals surface area contributed by atoms with E-state index in [0.29, 0.717) is 18.4 Å². The molecule has 0 spiro atoms. The number of aromatic nitrogens is 7. The molecule has 4 rings (SSSR count). The van der Waals surface area contributed by atoms with Crippen molar-refractivity contribution in [1.82, 2.24) is 35.2 Å². The number of tetrazole rings is 1.